The number of tetrazole rings is 1. The van der Waals surface area contributed by atoms with Gasteiger partial charge in [0.05, 0.1) is 5.69 Å². The molecule has 0 unspecified atom stereocenters. The predicted molar refractivity (Wildman–Crippen MR) is 72.2 cm³/mol. The predicted octanol–water partition coefficient (Wildman–Crippen LogP) is 2.84. The van der Waals surface area contributed by atoms with Crippen LogP contribution in [-0.2, 0) is 0 Å². The first-order chi connectivity index (χ1) is 10.4. The molecule has 114 valence electrons. The molecular weight excluding hydrogens is 369 g/mol. The summed E-state index contributed by atoms with van der Waals surface area (Å²) in [5, 5.41) is 24.4. The van der Waals surface area contributed by atoms with E-state index in [1.165, 1.54) is 12.3 Å². The smallest absolute Gasteiger partial charge is 0.406 e. The largest absolute Gasteiger partial charge is 0.573 e. The summed E-state index contributed by atoms with van der Waals surface area (Å²) < 4.78 is 40.9. The molecule has 0 saturated carbocycles. The summed E-state index contributed by atoms with van der Waals surface area (Å²) in [5.41, 5.74) is 0.306. The summed E-state index contributed by atoms with van der Waals surface area (Å²) in [6, 6.07) is 5.48. The molecule has 2 rings (SSSR count). The summed E-state index contributed by atoms with van der Waals surface area (Å²) in [6.45, 7) is 0. The van der Waals surface area contributed by atoms with Gasteiger partial charge in [-0.3, -0.25) is 0 Å². The van der Waals surface area contributed by atoms with Crippen LogP contribution in [0.4, 0.5) is 18.9 Å². The van der Waals surface area contributed by atoms with Crippen LogP contribution in [0, 0.1) is 11.3 Å². The molecule has 0 aliphatic carbocycles. The maximum absolute atomic E-state index is 12.2. The average Bonchev–Trinajstić information content (AvgIpc) is 2.95. The van der Waals surface area contributed by atoms with Crippen molar-refractivity contribution in [2.24, 2.45) is 0 Å². The van der Waals surface area contributed by atoms with Crippen molar-refractivity contribution in [3.8, 4) is 11.8 Å². The standard InChI is InChI=1S/C11H6BrF3N6O/c12-8-2-1-7(22-11(13,14)15)3-9(8)17-5-6(4-16)10-18-20-21-19-10/h1-3,5,17H,(H,18,19,20,21). The van der Waals surface area contributed by atoms with Crippen molar-refractivity contribution in [2.45, 2.75) is 6.36 Å². The van der Waals surface area contributed by atoms with Crippen LogP contribution in [0.2, 0.25) is 0 Å². The lowest BCUT2D eigenvalue weighted by molar-refractivity contribution is -0.274. The molecule has 0 aliphatic rings. The summed E-state index contributed by atoms with van der Waals surface area (Å²) in [5.74, 6) is -0.349. The van der Waals surface area contributed by atoms with Crippen LogP contribution < -0.4 is 10.1 Å². The fraction of sp³-hybridized carbons (Fsp3) is 0.0909. The van der Waals surface area contributed by atoms with Crippen molar-refractivity contribution >= 4 is 27.2 Å². The number of hydrogen-bond acceptors (Lipinski definition) is 6. The molecule has 0 radical (unpaired) electrons. The Kier molecular flexibility index (Phi) is 4.62. The van der Waals surface area contributed by atoms with Crippen molar-refractivity contribution in [2.75, 3.05) is 5.32 Å². The third-order valence-electron chi connectivity index (χ3n) is 2.25. The molecule has 0 fully saturated rings. The maximum Gasteiger partial charge on any atom is 0.573 e. The Labute approximate surface area is 129 Å². The molecular formula is C11H6BrF3N6O. The lowest BCUT2D eigenvalue weighted by Gasteiger charge is -2.11. The van der Waals surface area contributed by atoms with Gasteiger partial charge in [0.15, 0.2) is 0 Å². The minimum atomic E-state index is -4.79. The topological polar surface area (TPSA) is 99.5 Å². The van der Waals surface area contributed by atoms with Gasteiger partial charge in [-0.2, -0.15) is 10.5 Å². The molecule has 2 aromatic rings. The summed E-state index contributed by atoms with van der Waals surface area (Å²) >= 11 is 3.17. The second-order valence-electron chi connectivity index (χ2n) is 3.74. The van der Waals surface area contributed by atoms with Gasteiger partial charge in [-0.05, 0) is 33.3 Å². The van der Waals surface area contributed by atoms with Crippen molar-refractivity contribution < 1.29 is 17.9 Å². The van der Waals surface area contributed by atoms with E-state index in [0.717, 1.165) is 12.1 Å². The fourth-order valence-corrected chi connectivity index (χ4v) is 1.75. The number of alkyl halides is 3. The second-order valence-corrected chi connectivity index (χ2v) is 4.59. The van der Waals surface area contributed by atoms with E-state index >= 15 is 0 Å². The quantitative estimate of drug-likeness (QED) is 0.798. The summed E-state index contributed by atoms with van der Waals surface area (Å²) in [6.07, 6.45) is -3.55. The molecule has 1 aromatic heterocycles. The lowest BCUT2D eigenvalue weighted by Crippen LogP contribution is -2.17. The highest BCUT2D eigenvalue weighted by molar-refractivity contribution is 9.10. The molecule has 0 atom stereocenters. The molecule has 0 amide bonds. The Bertz CT molecular complexity index is 722. The van der Waals surface area contributed by atoms with E-state index < -0.39 is 12.1 Å². The van der Waals surface area contributed by atoms with E-state index in [0.29, 0.717) is 4.47 Å². The third-order valence-corrected chi connectivity index (χ3v) is 2.94. The monoisotopic (exact) mass is 374 g/mol. The summed E-state index contributed by atoms with van der Waals surface area (Å²) in [7, 11) is 0. The van der Waals surface area contributed by atoms with Gasteiger partial charge >= 0.3 is 6.36 Å². The van der Waals surface area contributed by atoms with E-state index in [2.05, 4.69) is 46.6 Å². The van der Waals surface area contributed by atoms with Crippen LogP contribution >= 0.6 is 15.9 Å². The Morgan fingerprint density at radius 2 is 2.23 bits per heavy atom. The zero-order valence-electron chi connectivity index (χ0n) is 10.5. The molecule has 0 saturated heterocycles. The van der Waals surface area contributed by atoms with Crippen molar-refractivity contribution in [3.63, 3.8) is 0 Å². The van der Waals surface area contributed by atoms with Crippen LogP contribution in [0.1, 0.15) is 5.82 Å². The first-order valence-electron chi connectivity index (χ1n) is 5.55. The number of nitrogens with one attached hydrogen (secondary N) is 2. The number of H-pyrrole nitrogens is 1. The molecule has 7 nitrogen and oxygen atoms in total. The van der Waals surface area contributed by atoms with E-state index in [9.17, 15) is 13.2 Å². The van der Waals surface area contributed by atoms with Gasteiger partial charge in [0.1, 0.15) is 17.4 Å². The zero-order valence-corrected chi connectivity index (χ0v) is 12.1. The number of rotatable bonds is 4. The van der Waals surface area contributed by atoms with Crippen LogP contribution in [0.25, 0.3) is 5.57 Å². The SMILES string of the molecule is N#CC(=CNc1cc(OC(F)(F)F)ccc1Br)c1nn[nH]n1. The van der Waals surface area contributed by atoms with Crippen LogP contribution in [-0.4, -0.2) is 27.0 Å². The van der Waals surface area contributed by atoms with Gasteiger partial charge in [0.25, 0.3) is 0 Å². The van der Waals surface area contributed by atoms with Gasteiger partial charge in [0, 0.05) is 16.7 Å². The molecule has 2 N–H and O–H groups in total. The average molecular weight is 375 g/mol. The molecule has 1 heterocycles. The number of aromatic nitrogens is 4. The Morgan fingerprint density at radius 3 is 2.82 bits per heavy atom. The first kappa shape index (κ1) is 15.8. The van der Waals surface area contributed by atoms with E-state index in [-0.39, 0.29) is 17.1 Å². The number of halogens is 4. The van der Waals surface area contributed by atoms with E-state index in [1.54, 1.807) is 0 Å². The molecule has 0 bridgehead atoms. The van der Waals surface area contributed by atoms with Crippen LogP contribution in [0.5, 0.6) is 5.75 Å². The maximum atomic E-state index is 12.2. The van der Waals surface area contributed by atoms with E-state index in [1.807, 2.05) is 6.07 Å². The molecule has 11 heteroatoms. The van der Waals surface area contributed by atoms with Crippen LogP contribution in [0.3, 0.4) is 0 Å². The number of nitrogens with zero attached hydrogens (tertiary/aromatic N) is 4. The van der Waals surface area contributed by atoms with Gasteiger partial charge in [0.2, 0.25) is 5.82 Å². The van der Waals surface area contributed by atoms with Crippen LogP contribution in [0.15, 0.2) is 28.9 Å². The van der Waals surface area contributed by atoms with Gasteiger partial charge in [-0.15, -0.1) is 23.4 Å². The zero-order chi connectivity index (χ0) is 16.2. The van der Waals surface area contributed by atoms with Gasteiger partial charge in [-0.25, -0.2) is 0 Å². The lowest BCUT2D eigenvalue weighted by atomic mass is 10.2. The normalized spacial score (nSPS) is 11.9. The summed E-state index contributed by atoms with van der Waals surface area (Å²) in [4.78, 5) is 0. The molecule has 0 spiro atoms. The Morgan fingerprint density at radius 1 is 1.45 bits per heavy atom. The molecule has 0 aliphatic heterocycles. The molecule has 22 heavy (non-hydrogen) atoms. The highest BCUT2D eigenvalue weighted by atomic mass is 79.9. The van der Waals surface area contributed by atoms with Gasteiger partial charge in [-0.1, -0.05) is 0 Å². The highest BCUT2D eigenvalue weighted by Gasteiger charge is 2.31. The number of hydrogen-bond donors (Lipinski definition) is 2. The highest BCUT2D eigenvalue weighted by Crippen LogP contribution is 2.30. The number of benzene rings is 1. The Balaban J connectivity index is 2.22. The number of ether oxygens (including phenoxy) is 1. The van der Waals surface area contributed by atoms with Gasteiger partial charge < -0.3 is 10.1 Å². The van der Waals surface area contributed by atoms with Crippen molar-refractivity contribution in [1.82, 2.24) is 20.6 Å². The minimum absolute atomic E-state index is 0.0443. The Hall–Kier alpha value is -2.61. The molecule has 1 aromatic carbocycles. The second kappa shape index (κ2) is 6.44. The van der Waals surface area contributed by atoms with Crippen molar-refractivity contribution in [3.05, 3.63) is 34.7 Å². The minimum Gasteiger partial charge on any atom is -0.406 e. The fourth-order valence-electron chi connectivity index (χ4n) is 1.38. The third kappa shape index (κ3) is 4.19. The number of allylic oxidation sites excluding steroid dienone is 1. The number of aromatic amines is 1. The number of anilines is 1. The number of nitriles is 1. The van der Waals surface area contributed by atoms with E-state index in [4.69, 9.17) is 5.26 Å². The van der Waals surface area contributed by atoms with Crippen molar-refractivity contribution in [1.29, 1.82) is 5.26 Å². The first-order valence-corrected chi connectivity index (χ1v) is 6.34.